The normalized spacial score (nSPS) is 10.7. The van der Waals surface area contributed by atoms with Crippen molar-refractivity contribution in [1.82, 2.24) is 10.2 Å². The maximum atomic E-state index is 13.2. The highest BCUT2D eigenvalue weighted by Gasteiger charge is 2.13. The number of halogens is 1. The van der Waals surface area contributed by atoms with Gasteiger partial charge in [-0.05, 0) is 34.9 Å². The maximum absolute atomic E-state index is 13.2. The van der Waals surface area contributed by atoms with E-state index in [1.165, 1.54) is 12.1 Å². The number of carbonyl (C=O) groups excluding carboxylic acids is 1. The van der Waals surface area contributed by atoms with E-state index in [1.54, 1.807) is 29.3 Å². The van der Waals surface area contributed by atoms with E-state index in [4.69, 9.17) is 0 Å². The van der Waals surface area contributed by atoms with Crippen molar-refractivity contribution in [3.63, 3.8) is 0 Å². The predicted octanol–water partition coefficient (Wildman–Crippen LogP) is 5.21. The van der Waals surface area contributed by atoms with E-state index >= 15 is 0 Å². The van der Waals surface area contributed by atoms with Crippen LogP contribution >= 0.6 is 0 Å². The molecule has 0 atom stereocenters. The van der Waals surface area contributed by atoms with Crippen molar-refractivity contribution in [3.05, 3.63) is 114 Å². The van der Waals surface area contributed by atoms with Crippen LogP contribution in [0.15, 0.2) is 91.1 Å². The summed E-state index contributed by atoms with van der Waals surface area (Å²) in [5.41, 5.74) is 2.79. The number of rotatable bonds is 6. The lowest BCUT2D eigenvalue weighted by Crippen LogP contribution is -2.36. The molecule has 0 fully saturated rings. The van der Waals surface area contributed by atoms with Gasteiger partial charge < -0.3 is 10.2 Å². The molecule has 0 radical (unpaired) electrons. The van der Waals surface area contributed by atoms with Gasteiger partial charge in [-0.25, -0.2) is 9.18 Å². The number of hydrogen-bond donors (Lipinski definition) is 1. The lowest BCUT2D eigenvalue weighted by molar-refractivity contribution is 0.196. The number of hydrogen-bond acceptors (Lipinski definition) is 1. The summed E-state index contributed by atoms with van der Waals surface area (Å²) in [7, 11) is 0. The first-order valence-electron chi connectivity index (χ1n) is 8.76. The van der Waals surface area contributed by atoms with Gasteiger partial charge in [0.05, 0.1) is 0 Å². The molecule has 0 aliphatic heterocycles. The molecule has 0 aliphatic rings. The van der Waals surface area contributed by atoms with Gasteiger partial charge in [-0.15, -0.1) is 0 Å². The standard InChI is InChI=1S/C23H21FN2O/c24-22-13-7-12-19(16-22)14-15-25-23(27)26(17-20-8-3-1-4-9-20)18-21-10-5-2-6-11-21/h1-16H,17-18H2,(H,25,27)/b15-14+. The predicted molar refractivity (Wildman–Crippen MR) is 106 cm³/mol. The van der Waals surface area contributed by atoms with Gasteiger partial charge in [0.25, 0.3) is 0 Å². The van der Waals surface area contributed by atoms with E-state index in [2.05, 4.69) is 5.32 Å². The van der Waals surface area contributed by atoms with Crippen molar-refractivity contribution in [3.8, 4) is 0 Å². The lowest BCUT2D eigenvalue weighted by Gasteiger charge is -2.22. The van der Waals surface area contributed by atoms with Crippen molar-refractivity contribution >= 4 is 12.1 Å². The topological polar surface area (TPSA) is 32.3 Å². The number of amides is 2. The molecule has 1 N–H and O–H groups in total. The van der Waals surface area contributed by atoms with Crippen LogP contribution in [-0.4, -0.2) is 10.9 Å². The summed E-state index contributed by atoms with van der Waals surface area (Å²) in [6.45, 7) is 0.991. The number of carbonyl (C=O) groups is 1. The number of nitrogens with one attached hydrogen (secondary N) is 1. The highest BCUT2D eigenvalue weighted by Crippen LogP contribution is 2.11. The highest BCUT2D eigenvalue weighted by molar-refractivity contribution is 5.76. The molecule has 0 spiro atoms. The van der Waals surface area contributed by atoms with Gasteiger partial charge in [-0.3, -0.25) is 0 Å². The van der Waals surface area contributed by atoms with Crippen LogP contribution in [0.25, 0.3) is 6.08 Å². The Balaban J connectivity index is 1.69. The van der Waals surface area contributed by atoms with Crippen LogP contribution in [0.4, 0.5) is 9.18 Å². The van der Waals surface area contributed by atoms with Crippen molar-refractivity contribution in [2.45, 2.75) is 13.1 Å². The minimum Gasteiger partial charge on any atom is -0.316 e. The Morgan fingerprint density at radius 2 is 1.44 bits per heavy atom. The molecular formula is C23H21FN2O. The van der Waals surface area contributed by atoms with E-state index in [0.717, 1.165) is 11.1 Å². The smallest absolute Gasteiger partial charge is 0.316 e. The second-order valence-electron chi connectivity index (χ2n) is 6.17. The fraction of sp³-hybridized carbons (Fsp3) is 0.0870. The maximum Gasteiger partial charge on any atom is 0.321 e. The van der Waals surface area contributed by atoms with Crippen LogP contribution < -0.4 is 5.32 Å². The Kier molecular flexibility index (Phi) is 6.36. The third-order valence-electron chi connectivity index (χ3n) is 4.05. The van der Waals surface area contributed by atoms with Crippen molar-refractivity contribution < 1.29 is 9.18 Å². The molecule has 0 aromatic heterocycles. The molecule has 3 nitrogen and oxygen atoms in total. The Morgan fingerprint density at radius 1 is 0.852 bits per heavy atom. The van der Waals surface area contributed by atoms with Gasteiger partial charge in [0, 0.05) is 19.3 Å². The first-order valence-corrected chi connectivity index (χ1v) is 8.76. The number of benzene rings is 3. The average Bonchev–Trinajstić information content (AvgIpc) is 2.69. The van der Waals surface area contributed by atoms with Gasteiger partial charge in [0.2, 0.25) is 0 Å². The molecule has 0 heterocycles. The van der Waals surface area contributed by atoms with Crippen LogP contribution in [-0.2, 0) is 13.1 Å². The van der Waals surface area contributed by atoms with Crippen LogP contribution in [0, 0.1) is 5.82 Å². The van der Waals surface area contributed by atoms with Crippen LogP contribution in [0.1, 0.15) is 16.7 Å². The molecule has 136 valence electrons. The summed E-state index contributed by atoms with van der Waals surface area (Å²) in [5.74, 6) is -0.307. The van der Waals surface area contributed by atoms with E-state index in [0.29, 0.717) is 18.7 Å². The minimum absolute atomic E-state index is 0.213. The zero-order valence-electron chi connectivity index (χ0n) is 14.9. The molecule has 3 rings (SSSR count). The van der Waals surface area contributed by atoms with Gasteiger partial charge in [0.15, 0.2) is 0 Å². The van der Waals surface area contributed by atoms with Crippen LogP contribution in [0.3, 0.4) is 0 Å². The van der Waals surface area contributed by atoms with Gasteiger partial charge in [0.1, 0.15) is 5.82 Å². The van der Waals surface area contributed by atoms with Gasteiger partial charge >= 0.3 is 6.03 Å². The quantitative estimate of drug-likeness (QED) is 0.643. The van der Waals surface area contributed by atoms with Crippen LogP contribution in [0.2, 0.25) is 0 Å². The first kappa shape index (κ1) is 18.4. The first-order chi connectivity index (χ1) is 13.2. The molecule has 3 aromatic rings. The molecule has 3 aromatic carbocycles. The Morgan fingerprint density at radius 3 is 2.00 bits per heavy atom. The number of urea groups is 1. The Hall–Kier alpha value is -3.40. The Labute approximate surface area is 158 Å². The molecule has 0 aliphatic carbocycles. The molecular weight excluding hydrogens is 339 g/mol. The molecule has 4 heteroatoms. The summed E-state index contributed by atoms with van der Waals surface area (Å²) in [6.07, 6.45) is 3.21. The van der Waals surface area contributed by atoms with Crippen molar-refractivity contribution in [1.29, 1.82) is 0 Å². The van der Waals surface area contributed by atoms with Gasteiger partial charge in [-0.2, -0.15) is 0 Å². The highest BCUT2D eigenvalue weighted by atomic mass is 19.1. The third-order valence-corrected chi connectivity index (χ3v) is 4.05. The molecule has 0 saturated heterocycles. The summed E-state index contributed by atoms with van der Waals surface area (Å²) in [5, 5.41) is 2.78. The lowest BCUT2D eigenvalue weighted by atomic mass is 10.2. The number of nitrogens with zero attached hydrogens (tertiary/aromatic N) is 1. The van der Waals surface area contributed by atoms with Gasteiger partial charge in [-0.1, -0.05) is 72.8 Å². The monoisotopic (exact) mass is 360 g/mol. The second-order valence-corrected chi connectivity index (χ2v) is 6.17. The van der Waals surface area contributed by atoms with E-state index < -0.39 is 0 Å². The zero-order valence-corrected chi connectivity index (χ0v) is 14.9. The van der Waals surface area contributed by atoms with E-state index in [9.17, 15) is 9.18 Å². The summed E-state index contributed by atoms with van der Waals surface area (Å²) in [4.78, 5) is 14.4. The summed E-state index contributed by atoms with van der Waals surface area (Å²) in [6, 6.07) is 25.7. The largest absolute Gasteiger partial charge is 0.321 e. The summed E-state index contributed by atoms with van der Waals surface area (Å²) < 4.78 is 13.2. The average molecular weight is 360 g/mol. The Bertz CT molecular complexity index is 853. The molecule has 0 saturated carbocycles. The summed E-state index contributed by atoms with van der Waals surface area (Å²) >= 11 is 0. The zero-order chi connectivity index (χ0) is 18.9. The minimum atomic E-state index is -0.307. The molecule has 2 amide bonds. The van der Waals surface area contributed by atoms with Crippen molar-refractivity contribution in [2.75, 3.05) is 0 Å². The SMILES string of the molecule is O=C(N/C=C/c1cccc(F)c1)N(Cc1ccccc1)Cc1ccccc1. The molecule has 0 unspecified atom stereocenters. The fourth-order valence-electron chi connectivity index (χ4n) is 2.72. The van der Waals surface area contributed by atoms with Crippen molar-refractivity contribution in [2.24, 2.45) is 0 Å². The van der Waals surface area contributed by atoms with Crippen LogP contribution in [0.5, 0.6) is 0 Å². The molecule has 27 heavy (non-hydrogen) atoms. The van der Waals surface area contributed by atoms with E-state index in [1.807, 2.05) is 60.7 Å². The third kappa shape index (κ3) is 5.82. The fourth-order valence-corrected chi connectivity index (χ4v) is 2.72. The van der Waals surface area contributed by atoms with E-state index in [-0.39, 0.29) is 11.8 Å². The molecule has 0 bridgehead atoms. The second kappa shape index (κ2) is 9.34.